The van der Waals surface area contributed by atoms with E-state index in [9.17, 15) is 62.3 Å². The Morgan fingerprint density at radius 1 is 0.298 bits per heavy atom. The lowest BCUT2D eigenvalue weighted by atomic mass is 9.12. The molecule has 0 atom stereocenters. The summed E-state index contributed by atoms with van der Waals surface area (Å²) in [6.07, 6.45) is 14.2. The van der Waals surface area contributed by atoms with Crippen molar-refractivity contribution in [2.24, 2.45) is 0 Å². The highest BCUT2D eigenvalue weighted by atomic mass is 31.2. The highest BCUT2D eigenvalue weighted by molar-refractivity contribution is 7.96. The average molecular weight is 1360 g/mol. The number of hydrogen-bond acceptors (Lipinski definition) is 3. The number of ketones is 1. The van der Waals surface area contributed by atoms with Crippen LogP contribution in [0.5, 0.6) is 0 Å². The molecule has 3 nitrogen and oxygen atoms in total. The number of Topliss-reactive ketones (excluding diaryl/α,β-unsaturated/α-hetero) is 1. The number of benzene rings is 8. The number of unbranched alkanes of at least 4 members (excludes halogenated alkanes) is 15. The van der Waals surface area contributed by atoms with Gasteiger partial charge in [0, 0.05) is 5.56 Å². The minimum absolute atomic E-state index is 0.0676. The van der Waals surface area contributed by atoms with Crippen LogP contribution in [0.3, 0.4) is 0 Å². The van der Waals surface area contributed by atoms with E-state index in [2.05, 4.69) is 79.7 Å². The van der Waals surface area contributed by atoms with Crippen LogP contribution in [0.1, 0.15) is 130 Å². The van der Waals surface area contributed by atoms with E-state index in [1.54, 1.807) is 24.3 Å². The Balaban J connectivity index is 0.000000267. The van der Waals surface area contributed by atoms with Crippen molar-refractivity contribution < 1.29 is 102 Å². The van der Waals surface area contributed by atoms with E-state index in [-0.39, 0.29) is 11.8 Å². The molecule has 0 saturated carbocycles. The lowest BCUT2D eigenvalue weighted by molar-refractivity contribution is 0.0497. The molecule has 0 unspecified atom stereocenters. The fourth-order valence-corrected chi connectivity index (χ4v) is 15.7. The van der Waals surface area contributed by atoms with E-state index < -0.39 is 152 Å². The lowest BCUT2D eigenvalue weighted by Crippen LogP contribution is -2.81. The first-order valence-electron chi connectivity index (χ1n) is 29.9. The molecular formula is C69H58BF20O3P. The van der Waals surface area contributed by atoms with Crippen molar-refractivity contribution in [1.82, 2.24) is 0 Å². The zero-order valence-corrected chi connectivity index (χ0v) is 50.9. The third kappa shape index (κ3) is 15.1. The molecule has 0 radical (unpaired) electrons. The summed E-state index contributed by atoms with van der Waals surface area (Å²) in [5.41, 5.74) is -13.2. The van der Waals surface area contributed by atoms with E-state index in [1.165, 1.54) is 106 Å². The van der Waals surface area contributed by atoms with E-state index in [0.717, 1.165) is 12.8 Å². The Morgan fingerprint density at radius 3 is 0.777 bits per heavy atom. The maximum atomic E-state index is 15.4. The Morgan fingerprint density at radius 2 is 0.521 bits per heavy atom. The lowest BCUT2D eigenvalue weighted by Gasteiger charge is -2.44. The Kier molecular flexibility index (Phi) is 25.7. The molecule has 8 aromatic rings. The van der Waals surface area contributed by atoms with Gasteiger partial charge in [0.25, 0.3) is 0 Å². The third-order valence-electron chi connectivity index (χ3n) is 16.4. The second-order valence-electron chi connectivity index (χ2n) is 22.2. The molecule has 0 aliphatic heterocycles. The van der Waals surface area contributed by atoms with Crippen LogP contribution in [0.15, 0.2) is 115 Å². The van der Waals surface area contributed by atoms with Gasteiger partial charge in [-0.05, 0) is 55.0 Å². The smallest absolute Gasteiger partial charge is 0.338 e. The van der Waals surface area contributed by atoms with Crippen LogP contribution >= 0.6 is 7.26 Å². The molecule has 0 spiro atoms. The normalized spacial score (nSPS) is 11.7. The summed E-state index contributed by atoms with van der Waals surface area (Å²) in [7, 11) is -2.29. The average Bonchev–Trinajstić information content (AvgIpc) is 0.681. The van der Waals surface area contributed by atoms with Gasteiger partial charge in [-0.15, -0.1) is 21.9 Å². The maximum Gasteiger partial charge on any atom is 0.338 e. The summed E-state index contributed by atoms with van der Waals surface area (Å²) in [5, 5.41) is 3.53. The van der Waals surface area contributed by atoms with Gasteiger partial charge in [0.15, 0.2) is 69.8 Å². The minimum atomic E-state index is -7.22. The number of ether oxygens (including phenoxy) is 1. The van der Waals surface area contributed by atoms with Crippen molar-refractivity contribution in [3.63, 3.8) is 0 Å². The third-order valence-corrected chi connectivity index (χ3v) is 20.7. The second-order valence-corrected chi connectivity index (χ2v) is 25.7. The summed E-state index contributed by atoms with van der Waals surface area (Å²) in [6.45, 7) is 2.72. The second kappa shape index (κ2) is 32.9. The number of rotatable bonds is 28. The molecule has 0 fully saturated rings. The zero-order chi connectivity index (χ0) is 68.8. The first-order valence-corrected chi connectivity index (χ1v) is 31.9. The molecule has 0 aliphatic carbocycles. The standard InChI is InChI=1S/C45H58O3P.C24BF20/c1-2-3-4-5-6-7-8-9-10-11-12-13-14-15-16-26-37-48-45(47)40-35-33-39(34-36-40)44(46)38-49(41-27-20-17-21-28-41,42-29-22-18-23-30-42)43-31-24-19-25-32-43;26-5-1(6(27)14(35)21(42)13(5)34)25(2-7(28)15(36)22(43)16(37)8(2)29,3-9(30)17(38)23(44)18(39)10(3)31)4-11(32)19(40)24(45)20(41)12(4)33/h17-25,27-36H,2-16,26,37-38H2,1H3;/q+1;-1. The molecule has 0 saturated heterocycles. The zero-order valence-electron chi connectivity index (χ0n) is 50.0. The van der Waals surface area contributed by atoms with E-state index >= 15 is 35.1 Å². The molecule has 0 aliphatic rings. The van der Waals surface area contributed by atoms with Gasteiger partial charge in [0.2, 0.25) is 5.78 Å². The molecule has 8 aromatic carbocycles. The molecule has 25 heteroatoms. The molecule has 8 rings (SSSR count). The van der Waals surface area contributed by atoms with Crippen LogP contribution < -0.4 is 37.8 Å². The molecule has 0 heterocycles. The summed E-state index contributed by atoms with van der Waals surface area (Å²) in [6, 6.07) is 38.3. The van der Waals surface area contributed by atoms with Gasteiger partial charge < -0.3 is 4.74 Å². The predicted octanol–water partition coefficient (Wildman–Crippen LogP) is 17.1. The van der Waals surface area contributed by atoms with Crippen LogP contribution in [0.2, 0.25) is 0 Å². The Labute approximate surface area is 528 Å². The van der Waals surface area contributed by atoms with Gasteiger partial charge >= 0.3 is 5.97 Å². The fourth-order valence-electron chi connectivity index (χ4n) is 11.6. The quantitative estimate of drug-likeness (QED) is 0.00717. The van der Waals surface area contributed by atoms with Crippen molar-refractivity contribution in [1.29, 1.82) is 0 Å². The number of hydrogen-bond donors (Lipinski definition) is 0. The first-order chi connectivity index (χ1) is 44.8. The van der Waals surface area contributed by atoms with Gasteiger partial charge in [0.1, 0.15) is 82.0 Å². The minimum Gasteiger partial charge on any atom is -0.462 e. The summed E-state index contributed by atoms with van der Waals surface area (Å²) in [4.78, 5) is 26.8. The van der Waals surface area contributed by atoms with Crippen LogP contribution in [-0.2, 0) is 4.74 Å². The number of carbonyl (C=O) groups is 2. The summed E-state index contributed by atoms with van der Waals surface area (Å²) in [5.74, 6) is -71.7. The highest BCUT2D eigenvalue weighted by Crippen LogP contribution is 2.55. The molecule has 0 bridgehead atoms. The highest BCUT2D eigenvalue weighted by Gasteiger charge is 2.53. The predicted molar refractivity (Wildman–Crippen MR) is 320 cm³/mol. The van der Waals surface area contributed by atoms with Crippen molar-refractivity contribution >= 4 is 62.9 Å². The van der Waals surface area contributed by atoms with Crippen molar-refractivity contribution in [2.45, 2.75) is 110 Å². The Hall–Kier alpha value is -8.01. The monoisotopic (exact) mass is 1360 g/mol. The molecular weight excluding hydrogens is 1300 g/mol. The largest absolute Gasteiger partial charge is 0.462 e. The molecule has 94 heavy (non-hydrogen) atoms. The van der Waals surface area contributed by atoms with Gasteiger partial charge in [-0.25, -0.2) is 92.6 Å². The SMILES string of the molecule is CCCCCCCCCCCCCCCCCCOC(=O)c1ccc(C(=O)C[P+](c2ccccc2)(c2ccccc2)c2ccccc2)cc1.Fc1c(F)c(F)c([B-](c2c(F)c(F)c(F)c(F)c2F)(c2c(F)c(F)c(F)c(F)c2F)c2c(F)c(F)c(F)c(F)c2F)c(F)c1F. The summed E-state index contributed by atoms with van der Waals surface area (Å²) < 4.78 is 300. The van der Waals surface area contributed by atoms with Crippen LogP contribution in [0, 0.1) is 116 Å². The fraction of sp³-hybridized carbons (Fsp3) is 0.275. The number of carbonyl (C=O) groups excluding carboxylic acids is 2. The molecule has 0 aromatic heterocycles. The van der Waals surface area contributed by atoms with Crippen molar-refractivity contribution in [3.05, 3.63) is 243 Å². The van der Waals surface area contributed by atoms with Crippen LogP contribution in [-0.4, -0.2) is 30.7 Å². The molecule has 500 valence electrons. The maximum absolute atomic E-state index is 15.4. The van der Waals surface area contributed by atoms with Gasteiger partial charge in [-0.3, -0.25) is 4.79 Å². The van der Waals surface area contributed by atoms with Gasteiger partial charge in [-0.1, -0.05) is 170 Å². The number of halogens is 20. The van der Waals surface area contributed by atoms with Crippen molar-refractivity contribution in [3.8, 4) is 0 Å². The van der Waals surface area contributed by atoms with Crippen LogP contribution in [0.25, 0.3) is 0 Å². The van der Waals surface area contributed by atoms with E-state index in [0.29, 0.717) is 23.9 Å². The molecule has 0 amide bonds. The van der Waals surface area contributed by atoms with E-state index in [1.807, 2.05) is 18.2 Å². The molecule has 0 N–H and O–H groups in total. The van der Waals surface area contributed by atoms with Gasteiger partial charge in [-0.2, -0.15) is 0 Å². The van der Waals surface area contributed by atoms with E-state index in [4.69, 9.17) is 4.74 Å². The first kappa shape index (κ1) is 73.4. The van der Waals surface area contributed by atoms with Gasteiger partial charge in [0.05, 0.1) is 12.2 Å². The van der Waals surface area contributed by atoms with Crippen LogP contribution in [0.4, 0.5) is 87.8 Å². The Bertz CT molecular complexity index is 3480. The van der Waals surface area contributed by atoms with Crippen molar-refractivity contribution in [2.75, 3.05) is 12.8 Å². The number of esters is 1. The summed E-state index contributed by atoms with van der Waals surface area (Å²) >= 11 is 0. The topological polar surface area (TPSA) is 43.4 Å².